The minimum absolute atomic E-state index is 0.0197. The number of rotatable bonds is 3. The zero-order valence-electron chi connectivity index (χ0n) is 11.2. The molecular formula is C12H20N4O2S. The molecule has 0 aromatic carbocycles. The summed E-state index contributed by atoms with van der Waals surface area (Å²) < 4.78 is 27.1. The molecule has 2 rings (SSSR count). The molecule has 19 heavy (non-hydrogen) atoms. The van der Waals surface area contributed by atoms with Gasteiger partial charge < -0.3 is 10.6 Å². The van der Waals surface area contributed by atoms with E-state index in [4.69, 9.17) is 5.73 Å². The molecule has 2 heterocycles. The lowest BCUT2D eigenvalue weighted by Crippen LogP contribution is -2.47. The molecule has 7 heteroatoms. The molecule has 1 aromatic heterocycles. The van der Waals surface area contributed by atoms with Gasteiger partial charge in [0.1, 0.15) is 10.7 Å². The van der Waals surface area contributed by atoms with E-state index in [0.717, 1.165) is 19.4 Å². The monoisotopic (exact) mass is 284 g/mol. The minimum atomic E-state index is -3.50. The van der Waals surface area contributed by atoms with Crippen molar-refractivity contribution in [3.63, 3.8) is 0 Å². The molecule has 0 spiro atoms. The maximum atomic E-state index is 12.2. The number of nitrogens with one attached hydrogen (secondary N) is 1. The topological polar surface area (TPSA) is 88.3 Å². The highest BCUT2D eigenvalue weighted by Crippen LogP contribution is 2.18. The Morgan fingerprint density at radius 3 is 2.79 bits per heavy atom. The summed E-state index contributed by atoms with van der Waals surface area (Å²) in [5.41, 5.74) is 5.46. The molecule has 1 aliphatic rings. The number of sulfonamides is 1. The second-order valence-corrected chi connectivity index (χ2v) is 6.80. The number of nitrogens with two attached hydrogens (primary N) is 1. The van der Waals surface area contributed by atoms with Crippen LogP contribution in [0, 0.1) is 0 Å². The molecular weight excluding hydrogens is 264 g/mol. The third kappa shape index (κ3) is 3.43. The van der Waals surface area contributed by atoms with Gasteiger partial charge in [0.05, 0.1) is 0 Å². The van der Waals surface area contributed by atoms with E-state index < -0.39 is 10.0 Å². The number of hydrogen-bond donors (Lipinski definition) is 2. The first kappa shape index (κ1) is 14.2. The van der Waals surface area contributed by atoms with Gasteiger partial charge in [-0.3, -0.25) is 0 Å². The molecule has 2 unspecified atom stereocenters. The van der Waals surface area contributed by atoms with E-state index in [-0.39, 0.29) is 10.9 Å². The number of nitrogens with zero attached hydrogens (tertiary/aromatic N) is 2. The molecule has 3 N–H and O–H groups in total. The predicted octanol–water partition coefficient (Wildman–Crippen LogP) is 0.425. The highest BCUT2D eigenvalue weighted by molar-refractivity contribution is 7.89. The van der Waals surface area contributed by atoms with Gasteiger partial charge in [0.25, 0.3) is 0 Å². The summed E-state index contributed by atoms with van der Waals surface area (Å²) in [5.74, 6) is 0.312. The highest BCUT2D eigenvalue weighted by atomic mass is 32.2. The standard InChI is InChI=1S/C12H20N4O2S/c1-9-7-10(5-6-16(9)2)15-19(17,18)11-3-4-12(13)14-8-11/h3-4,8-10,15H,5-7H2,1-2H3,(H2,13,14). The van der Waals surface area contributed by atoms with E-state index in [9.17, 15) is 8.42 Å². The van der Waals surface area contributed by atoms with Crippen LogP contribution in [0.2, 0.25) is 0 Å². The summed E-state index contributed by atoms with van der Waals surface area (Å²) in [6.07, 6.45) is 2.93. The molecule has 1 aromatic rings. The fourth-order valence-electron chi connectivity index (χ4n) is 2.23. The van der Waals surface area contributed by atoms with Crippen molar-refractivity contribution in [3.8, 4) is 0 Å². The Kier molecular flexibility index (Phi) is 4.07. The van der Waals surface area contributed by atoms with Gasteiger partial charge in [0, 0.05) is 18.3 Å². The Balaban J connectivity index is 2.07. The summed E-state index contributed by atoms with van der Waals surface area (Å²) in [4.78, 5) is 6.21. The lowest BCUT2D eigenvalue weighted by Gasteiger charge is -2.35. The van der Waals surface area contributed by atoms with Gasteiger partial charge in [-0.25, -0.2) is 18.1 Å². The number of piperidine rings is 1. The normalized spacial score (nSPS) is 25.4. The summed E-state index contributed by atoms with van der Waals surface area (Å²) in [5, 5.41) is 0. The van der Waals surface area contributed by atoms with Crippen LogP contribution in [0.15, 0.2) is 23.2 Å². The molecule has 0 bridgehead atoms. The van der Waals surface area contributed by atoms with Gasteiger partial charge in [-0.2, -0.15) is 0 Å². The lowest BCUT2D eigenvalue weighted by molar-refractivity contribution is 0.178. The van der Waals surface area contributed by atoms with Crippen LogP contribution in [0.5, 0.6) is 0 Å². The van der Waals surface area contributed by atoms with E-state index in [0.29, 0.717) is 11.9 Å². The predicted molar refractivity (Wildman–Crippen MR) is 74.1 cm³/mol. The van der Waals surface area contributed by atoms with Crippen molar-refractivity contribution in [2.24, 2.45) is 0 Å². The number of anilines is 1. The Bertz CT molecular complexity index is 529. The Labute approximate surface area is 114 Å². The van der Waals surface area contributed by atoms with E-state index in [2.05, 4.69) is 28.6 Å². The molecule has 0 aliphatic carbocycles. The van der Waals surface area contributed by atoms with Crippen LogP contribution < -0.4 is 10.5 Å². The zero-order chi connectivity index (χ0) is 14.0. The molecule has 1 fully saturated rings. The maximum absolute atomic E-state index is 12.2. The van der Waals surface area contributed by atoms with Gasteiger partial charge in [0.2, 0.25) is 10.0 Å². The number of nitrogen functional groups attached to an aromatic ring is 1. The molecule has 1 aliphatic heterocycles. The van der Waals surface area contributed by atoms with Crippen LogP contribution in [-0.2, 0) is 10.0 Å². The van der Waals surface area contributed by atoms with Crippen LogP contribution in [0.1, 0.15) is 19.8 Å². The first-order chi connectivity index (χ1) is 8.88. The summed E-state index contributed by atoms with van der Waals surface area (Å²) >= 11 is 0. The van der Waals surface area contributed by atoms with Gasteiger partial charge in [-0.15, -0.1) is 0 Å². The average molecular weight is 284 g/mol. The van der Waals surface area contributed by atoms with Crippen molar-refractivity contribution >= 4 is 15.8 Å². The number of hydrogen-bond acceptors (Lipinski definition) is 5. The minimum Gasteiger partial charge on any atom is -0.384 e. The quantitative estimate of drug-likeness (QED) is 0.840. The van der Waals surface area contributed by atoms with Gasteiger partial charge in [-0.05, 0) is 45.5 Å². The molecule has 6 nitrogen and oxygen atoms in total. The first-order valence-electron chi connectivity index (χ1n) is 6.32. The largest absolute Gasteiger partial charge is 0.384 e. The third-order valence-electron chi connectivity index (χ3n) is 3.60. The van der Waals surface area contributed by atoms with Gasteiger partial charge >= 0.3 is 0 Å². The second kappa shape index (κ2) is 5.44. The second-order valence-electron chi connectivity index (χ2n) is 5.09. The van der Waals surface area contributed by atoms with Crippen molar-refractivity contribution in [1.29, 1.82) is 0 Å². The van der Waals surface area contributed by atoms with Crippen molar-refractivity contribution in [3.05, 3.63) is 18.3 Å². The van der Waals surface area contributed by atoms with Crippen molar-refractivity contribution in [2.45, 2.75) is 36.7 Å². The SMILES string of the molecule is CC1CC(NS(=O)(=O)c2ccc(N)nc2)CCN1C. The van der Waals surface area contributed by atoms with Crippen LogP contribution in [0.4, 0.5) is 5.82 Å². The number of pyridine rings is 1. The van der Waals surface area contributed by atoms with E-state index in [1.807, 2.05) is 0 Å². The Morgan fingerprint density at radius 1 is 1.47 bits per heavy atom. The van der Waals surface area contributed by atoms with Crippen LogP contribution in [0.25, 0.3) is 0 Å². The third-order valence-corrected chi connectivity index (χ3v) is 5.11. The van der Waals surface area contributed by atoms with Gasteiger partial charge in [-0.1, -0.05) is 0 Å². The lowest BCUT2D eigenvalue weighted by atomic mass is 10.0. The summed E-state index contributed by atoms with van der Waals surface area (Å²) in [6.45, 7) is 3.00. The average Bonchev–Trinajstić information content (AvgIpc) is 2.34. The zero-order valence-corrected chi connectivity index (χ0v) is 12.0. The smallest absolute Gasteiger partial charge is 0.242 e. The Hall–Kier alpha value is -1.18. The Morgan fingerprint density at radius 2 is 2.21 bits per heavy atom. The fraction of sp³-hybridized carbons (Fsp3) is 0.583. The summed E-state index contributed by atoms with van der Waals surface area (Å²) in [6, 6.07) is 3.33. The molecule has 0 radical (unpaired) electrons. The molecule has 0 amide bonds. The van der Waals surface area contributed by atoms with Gasteiger partial charge in [0.15, 0.2) is 0 Å². The first-order valence-corrected chi connectivity index (χ1v) is 7.81. The van der Waals surface area contributed by atoms with E-state index >= 15 is 0 Å². The molecule has 1 saturated heterocycles. The molecule has 2 atom stereocenters. The highest BCUT2D eigenvalue weighted by Gasteiger charge is 2.27. The molecule has 106 valence electrons. The number of likely N-dealkylation sites (tertiary alicyclic amines) is 1. The maximum Gasteiger partial charge on any atom is 0.242 e. The fourth-order valence-corrected chi connectivity index (χ4v) is 3.46. The van der Waals surface area contributed by atoms with Crippen LogP contribution >= 0.6 is 0 Å². The van der Waals surface area contributed by atoms with Crippen molar-refractivity contribution < 1.29 is 8.42 Å². The molecule has 0 saturated carbocycles. The summed E-state index contributed by atoms with van der Waals surface area (Å²) in [7, 11) is -1.45. The van der Waals surface area contributed by atoms with Crippen LogP contribution in [-0.4, -0.2) is 44.0 Å². The van der Waals surface area contributed by atoms with Crippen molar-refractivity contribution in [2.75, 3.05) is 19.3 Å². The number of aromatic nitrogens is 1. The van der Waals surface area contributed by atoms with E-state index in [1.165, 1.54) is 18.3 Å². The van der Waals surface area contributed by atoms with Crippen molar-refractivity contribution in [1.82, 2.24) is 14.6 Å². The van der Waals surface area contributed by atoms with E-state index in [1.54, 1.807) is 0 Å². The van der Waals surface area contributed by atoms with Crippen LogP contribution in [0.3, 0.4) is 0 Å².